The minimum atomic E-state index is -0.720. The molecule has 2 aromatic carbocycles. The second-order valence-corrected chi connectivity index (χ2v) is 5.80. The summed E-state index contributed by atoms with van der Waals surface area (Å²) in [5.41, 5.74) is 7.11. The van der Waals surface area contributed by atoms with Gasteiger partial charge in [-0.2, -0.15) is 0 Å². The molecule has 0 saturated heterocycles. The molecule has 0 aliphatic carbocycles. The first-order valence-electron chi connectivity index (χ1n) is 5.68. The van der Waals surface area contributed by atoms with Crippen LogP contribution in [0.3, 0.4) is 0 Å². The zero-order valence-electron chi connectivity index (χ0n) is 10.0. The summed E-state index contributed by atoms with van der Waals surface area (Å²) in [6, 6.07) is 12.8. The lowest BCUT2D eigenvalue weighted by molar-refractivity contribution is 0.108. The van der Waals surface area contributed by atoms with Gasteiger partial charge in [-0.3, -0.25) is 0 Å². The van der Waals surface area contributed by atoms with Crippen LogP contribution in [0.25, 0.3) is 0 Å². The zero-order valence-corrected chi connectivity index (χ0v) is 13.2. The van der Waals surface area contributed by atoms with Gasteiger partial charge in [-0.25, -0.2) is 0 Å². The Morgan fingerprint density at radius 3 is 2.58 bits per heavy atom. The van der Waals surface area contributed by atoms with Gasteiger partial charge < -0.3 is 15.6 Å². The van der Waals surface area contributed by atoms with Crippen LogP contribution >= 0.6 is 31.9 Å². The molecule has 3 N–H and O–H groups in total. The number of ether oxygens (including phenoxy) is 1. The lowest BCUT2D eigenvalue weighted by atomic mass is 10.1. The monoisotopic (exact) mass is 385 g/mol. The predicted octanol–water partition coefficient (Wildman–Crippen LogP) is 3.91. The van der Waals surface area contributed by atoms with E-state index >= 15 is 0 Å². The largest absolute Gasteiger partial charge is 0.488 e. The Hall–Kier alpha value is -1.04. The van der Waals surface area contributed by atoms with Gasteiger partial charge in [0.25, 0.3) is 0 Å². The summed E-state index contributed by atoms with van der Waals surface area (Å²) in [6.07, 6.45) is -0.720. The minimum absolute atomic E-state index is 0.147. The van der Waals surface area contributed by atoms with E-state index in [4.69, 9.17) is 10.5 Å². The van der Waals surface area contributed by atoms with Crippen LogP contribution in [0.5, 0.6) is 5.75 Å². The maximum atomic E-state index is 10.1. The average Bonchev–Trinajstić information content (AvgIpc) is 2.37. The first-order valence-corrected chi connectivity index (χ1v) is 7.27. The summed E-state index contributed by atoms with van der Waals surface area (Å²) in [5, 5.41) is 10.1. The molecule has 0 radical (unpaired) electrons. The summed E-state index contributed by atoms with van der Waals surface area (Å²) < 4.78 is 7.31. The maximum Gasteiger partial charge on any atom is 0.142 e. The van der Waals surface area contributed by atoms with Crippen LogP contribution in [-0.2, 0) is 0 Å². The molecule has 19 heavy (non-hydrogen) atoms. The molecule has 1 atom stereocenters. The van der Waals surface area contributed by atoms with E-state index in [-0.39, 0.29) is 6.61 Å². The molecule has 0 bridgehead atoms. The maximum absolute atomic E-state index is 10.1. The fourth-order valence-corrected chi connectivity index (χ4v) is 2.95. The number of hydrogen-bond acceptors (Lipinski definition) is 3. The number of rotatable bonds is 4. The molecule has 0 saturated carbocycles. The number of hydrogen-bond donors (Lipinski definition) is 2. The fourth-order valence-electron chi connectivity index (χ4n) is 1.64. The lowest BCUT2D eigenvalue weighted by Crippen LogP contribution is -2.11. The van der Waals surface area contributed by atoms with Crippen LogP contribution < -0.4 is 10.5 Å². The van der Waals surface area contributed by atoms with Crippen molar-refractivity contribution in [3.8, 4) is 5.75 Å². The van der Waals surface area contributed by atoms with Crippen LogP contribution in [0, 0.1) is 0 Å². The van der Waals surface area contributed by atoms with E-state index in [1.54, 1.807) is 12.1 Å². The van der Waals surface area contributed by atoms with Crippen LogP contribution in [-0.4, -0.2) is 11.7 Å². The number of halogens is 2. The molecule has 0 amide bonds. The highest BCUT2D eigenvalue weighted by molar-refractivity contribution is 9.11. The van der Waals surface area contributed by atoms with Crippen molar-refractivity contribution in [2.45, 2.75) is 6.10 Å². The Bertz CT molecular complexity index is 575. The van der Waals surface area contributed by atoms with E-state index in [0.29, 0.717) is 11.4 Å². The fraction of sp³-hybridized carbons (Fsp3) is 0.143. The number of nitrogen functional groups attached to an aromatic ring is 1. The molecule has 5 heteroatoms. The molecule has 2 aromatic rings. The molecule has 3 nitrogen and oxygen atoms in total. The number of anilines is 1. The van der Waals surface area contributed by atoms with Gasteiger partial charge in [-0.15, -0.1) is 0 Å². The van der Waals surface area contributed by atoms with Crippen LogP contribution in [0.1, 0.15) is 11.7 Å². The van der Waals surface area contributed by atoms with Gasteiger partial charge in [-0.05, 0) is 29.8 Å². The van der Waals surface area contributed by atoms with E-state index in [1.807, 2.05) is 30.3 Å². The summed E-state index contributed by atoms with van der Waals surface area (Å²) in [7, 11) is 0. The Morgan fingerprint density at radius 1 is 1.16 bits per heavy atom. The summed E-state index contributed by atoms with van der Waals surface area (Å²) >= 11 is 6.79. The Labute approximate surface area is 128 Å². The molecule has 0 heterocycles. The molecular formula is C14H13Br2NO2. The SMILES string of the molecule is Nc1ccccc1OCC(O)c1ccc(Br)cc1Br. The third-order valence-electron chi connectivity index (χ3n) is 2.64. The first-order chi connectivity index (χ1) is 9.08. The normalized spacial score (nSPS) is 12.2. The molecule has 1 unspecified atom stereocenters. The van der Waals surface area contributed by atoms with Gasteiger partial charge in [0.2, 0.25) is 0 Å². The van der Waals surface area contributed by atoms with Crippen molar-refractivity contribution >= 4 is 37.5 Å². The highest BCUT2D eigenvalue weighted by Gasteiger charge is 2.13. The Balaban J connectivity index is 2.05. The Kier molecular flexibility index (Phi) is 4.85. The van der Waals surface area contributed by atoms with Gasteiger partial charge in [0, 0.05) is 8.95 Å². The van der Waals surface area contributed by atoms with E-state index in [1.165, 1.54) is 0 Å². The molecule has 0 aliphatic rings. The zero-order chi connectivity index (χ0) is 13.8. The van der Waals surface area contributed by atoms with E-state index in [0.717, 1.165) is 14.5 Å². The third kappa shape index (κ3) is 3.72. The molecular weight excluding hydrogens is 374 g/mol. The second kappa shape index (κ2) is 6.41. The summed E-state index contributed by atoms with van der Waals surface area (Å²) in [5.74, 6) is 0.579. The summed E-state index contributed by atoms with van der Waals surface area (Å²) in [6.45, 7) is 0.147. The number of benzene rings is 2. The molecule has 0 aromatic heterocycles. The smallest absolute Gasteiger partial charge is 0.142 e. The van der Waals surface area contributed by atoms with Crippen molar-refractivity contribution in [2.75, 3.05) is 12.3 Å². The van der Waals surface area contributed by atoms with Gasteiger partial charge >= 0.3 is 0 Å². The molecule has 100 valence electrons. The molecule has 0 aliphatic heterocycles. The number of nitrogens with two attached hydrogens (primary N) is 1. The average molecular weight is 387 g/mol. The van der Waals surface area contributed by atoms with Crippen molar-refractivity contribution in [2.24, 2.45) is 0 Å². The first kappa shape index (κ1) is 14.4. The minimum Gasteiger partial charge on any atom is -0.488 e. The number of aliphatic hydroxyl groups is 1. The van der Waals surface area contributed by atoms with Crippen LogP contribution in [0.15, 0.2) is 51.4 Å². The highest BCUT2D eigenvalue weighted by atomic mass is 79.9. The van der Waals surface area contributed by atoms with Crippen molar-refractivity contribution in [3.63, 3.8) is 0 Å². The topological polar surface area (TPSA) is 55.5 Å². The number of para-hydroxylation sites is 2. The van der Waals surface area contributed by atoms with Crippen molar-refractivity contribution < 1.29 is 9.84 Å². The molecule has 0 spiro atoms. The van der Waals surface area contributed by atoms with Crippen LogP contribution in [0.4, 0.5) is 5.69 Å². The van der Waals surface area contributed by atoms with E-state index in [2.05, 4.69) is 31.9 Å². The standard InChI is InChI=1S/C14H13Br2NO2/c15-9-5-6-10(11(16)7-9)13(18)8-19-14-4-2-1-3-12(14)17/h1-7,13,18H,8,17H2. The van der Waals surface area contributed by atoms with Crippen LogP contribution in [0.2, 0.25) is 0 Å². The Morgan fingerprint density at radius 2 is 1.89 bits per heavy atom. The van der Waals surface area contributed by atoms with E-state index < -0.39 is 6.10 Å². The highest BCUT2D eigenvalue weighted by Crippen LogP contribution is 2.28. The predicted molar refractivity (Wildman–Crippen MR) is 83.2 cm³/mol. The van der Waals surface area contributed by atoms with Gasteiger partial charge in [0.1, 0.15) is 18.5 Å². The van der Waals surface area contributed by atoms with Gasteiger partial charge in [0.05, 0.1) is 5.69 Å². The van der Waals surface area contributed by atoms with Gasteiger partial charge in [-0.1, -0.05) is 50.1 Å². The third-order valence-corrected chi connectivity index (χ3v) is 3.82. The lowest BCUT2D eigenvalue weighted by Gasteiger charge is -2.15. The van der Waals surface area contributed by atoms with Gasteiger partial charge in [0.15, 0.2) is 0 Å². The summed E-state index contributed by atoms with van der Waals surface area (Å²) in [4.78, 5) is 0. The quantitative estimate of drug-likeness (QED) is 0.783. The van der Waals surface area contributed by atoms with Crippen molar-refractivity contribution in [1.29, 1.82) is 0 Å². The molecule has 0 fully saturated rings. The van der Waals surface area contributed by atoms with E-state index in [9.17, 15) is 5.11 Å². The van der Waals surface area contributed by atoms with Crippen molar-refractivity contribution in [1.82, 2.24) is 0 Å². The van der Waals surface area contributed by atoms with Crippen molar-refractivity contribution in [3.05, 3.63) is 57.0 Å². The molecule has 2 rings (SSSR count). The second-order valence-electron chi connectivity index (χ2n) is 4.03. The number of aliphatic hydroxyl groups excluding tert-OH is 1.